The van der Waals surface area contributed by atoms with Crippen LogP contribution in [0.5, 0.6) is 0 Å². The monoisotopic (exact) mass is 238 g/mol. The van der Waals surface area contributed by atoms with Gasteiger partial charge in [-0.25, -0.2) is 0 Å². The number of carbonyl (C=O) groups is 2. The molecule has 1 heterocycles. The van der Waals surface area contributed by atoms with Crippen molar-refractivity contribution >= 4 is 17.7 Å². The molecule has 92 valence electrons. The number of carboxylic acids is 1. The summed E-state index contributed by atoms with van der Waals surface area (Å²) in [5, 5.41) is 15.1. The van der Waals surface area contributed by atoms with Crippen molar-refractivity contribution in [3.8, 4) is 0 Å². The van der Waals surface area contributed by atoms with Crippen molar-refractivity contribution in [3.05, 3.63) is 11.8 Å². The fourth-order valence-electron chi connectivity index (χ4n) is 2.10. The van der Waals surface area contributed by atoms with Crippen LogP contribution in [-0.2, 0) is 9.59 Å². The van der Waals surface area contributed by atoms with Crippen LogP contribution in [0.3, 0.4) is 0 Å². The van der Waals surface area contributed by atoms with Gasteiger partial charge < -0.3 is 14.9 Å². The first-order valence-electron chi connectivity index (χ1n) is 5.53. The van der Waals surface area contributed by atoms with Gasteiger partial charge in [-0.05, 0) is 26.2 Å². The summed E-state index contributed by atoms with van der Waals surface area (Å²) in [4.78, 5) is 22.6. The molecule has 0 aliphatic heterocycles. The Kier molecular flexibility index (Phi) is 3.12. The number of carboxylic acid groups (broad SMARTS) is 1. The van der Waals surface area contributed by atoms with Gasteiger partial charge in [-0.15, -0.1) is 0 Å². The second-order valence-electron chi connectivity index (χ2n) is 4.36. The quantitative estimate of drug-likeness (QED) is 0.830. The van der Waals surface area contributed by atoms with Crippen LogP contribution in [-0.4, -0.2) is 22.1 Å². The Labute approximate surface area is 98.0 Å². The first-order chi connectivity index (χ1) is 8.06. The first kappa shape index (κ1) is 11.6. The highest BCUT2D eigenvalue weighted by atomic mass is 16.5. The third-order valence-corrected chi connectivity index (χ3v) is 3.03. The minimum atomic E-state index is -0.822. The summed E-state index contributed by atoms with van der Waals surface area (Å²) < 4.78 is 4.83. The van der Waals surface area contributed by atoms with E-state index in [1.54, 1.807) is 13.0 Å². The van der Waals surface area contributed by atoms with E-state index >= 15 is 0 Å². The minimum Gasteiger partial charge on any atom is -0.481 e. The number of anilines is 1. The predicted molar refractivity (Wildman–Crippen MR) is 58.3 cm³/mol. The zero-order valence-corrected chi connectivity index (χ0v) is 9.47. The Bertz CT molecular complexity index is 440. The molecule has 17 heavy (non-hydrogen) atoms. The lowest BCUT2D eigenvalue weighted by atomic mass is 10.0. The summed E-state index contributed by atoms with van der Waals surface area (Å²) in [6.07, 6.45) is 1.57. The smallest absolute Gasteiger partial charge is 0.306 e. The molecule has 2 atom stereocenters. The van der Waals surface area contributed by atoms with Gasteiger partial charge in [-0.2, -0.15) is 0 Å². The van der Waals surface area contributed by atoms with Crippen LogP contribution < -0.4 is 5.32 Å². The van der Waals surface area contributed by atoms with Crippen LogP contribution in [0.4, 0.5) is 5.82 Å². The number of rotatable bonds is 3. The lowest BCUT2D eigenvalue weighted by Gasteiger charge is -2.08. The van der Waals surface area contributed by atoms with E-state index < -0.39 is 11.9 Å². The minimum absolute atomic E-state index is 0.179. The number of aliphatic carboxylic acids is 1. The SMILES string of the molecule is Cc1cc(NC(=O)[C@@H]2CC[C@@H](C(=O)O)C2)no1. The molecular formula is C11H14N2O4. The predicted octanol–water partition coefficient (Wildman–Crippen LogP) is 1.42. The molecule has 1 amide bonds. The number of nitrogens with zero attached hydrogens (tertiary/aromatic N) is 1. The summed E-state index contributed by atoms with van der Waals surface area (Å²) >= 11 is 0. The summed E-state index contributed by atoms with van der Waals surface area (Å²) in [6, 6.07) is 1.63. The van der Waals surface area contributed by atoms with Crippen molar-refractivity contribution in [2.24, 2.45) is 11.8 Å². The average Bonchev–Trinajstić information content (AvgIpc) is 2.86. The maximum absolute atomic E-state index is 11.8. The molecule has 0 bridgehead atoms. The van der Waals surface area contributed by atoms with Gasteiger partial charge in [-0.1, -0.05) is 5.16 Å². The van der Waals surface area contributed by atoms with Crippen LogP contribution in [0, 0.1) is 18.8 Å². The maximum atomic E-state index is 11.8. The zero-order chi connectivity index (χ0) is 12.4. The summed E-state index contributed by atoms with van der Waals surface area (Å²) in [6.45, 7) is 1.73. The molecule has 2 rings (SSSR count). The van der Waals surface area contributed by atoms with Gasteiger partial charge in [0.25, 0.3) is 0 Å². The van der Waals surface area contributed by atoms with Crippen molar-refractivity contribution in [1.29, 1.82) is 0 Å². The molecule has 1 aromatic heterocycles. The van der Waals surface area contributed by atoms with Gasteiger partial charge in [0.2, 0.25) is 5.91 Å². The normalized spacial score (nSPS) is 23.6. The van der Waals surface area contributed by atoms with E-state index in [4.69, 9.17) is 9.63 Å². The van der Waals surface area contributed by atoms with Crippen LogP contribution in [0.15, 0.2) is 10.6 Å². The van der Waals surface area contributed by atoms with E-state index in [-0.39, 0.29) is 11.8 Å². The Morgan fingerprint density at radius 2 is 2.18 bits per heavy atom. The Morgan fingerprint density at radius 1 is 1.47 bits per heavy atom. The molecule has 0 unspecified atom stereocenters. The van der Waals surface area contributed by atoms with E-state index in [1.807, 2.05) is 0 Å². The van der Waals surface area contributed by atoms with E-state index in [1.165, 1.54) is 0 Å². The molecule has 6 nitrogen and oxygen atoms in total. The molecule has 1 aromatic rings. The number of hydrogen-bond acceptors (Lipinski definition) is 4. The third kappa shape index (κ3) is 2.64. The lowest BCUT2D eigenvalue weighted by molar-refractivity contribution is -0.141. The van der Waals surface area contributed by atoms with Gasteiger partial charge >= 0.3 is 5.97 Å². The second-order valence-corrected chi connectivity index (χ2v) is 4.36. The highest BCUT2D eigenvalue weighted by molar-refractivity contribution is 5.92. The fraction of sp³-hybridized carbons (Fsp3) is 0.545. The molecule has 2 N–H and O–H groups in total. The Hall–Kier alpha value is -1.85. The van der Waals surface area contributed by atoms with Crippen molar-refractivity contribution in [2.45, 2.75) is 26.2 Å². The number of hydrogen-bond donors (Lipinski definition) is 2. The maximum Gasteiger partial charge on any atom is 0.306 e. The number of aromatic nitrogens is 1. The molecule has 1 saturated carbocycles. The molecule has 0 spiro atoms. The van der Waals surface area contributed by atoms with Gasteiger partial charge in [-0.3, -0.25) is 9.59 Å². The van der Waals surface area contributed by atoms with Crippen LogP contribution >= 0.6 is 0 Å². The molecular weight excluding hydrogens is 224 g/mol. The molecule has 1 fully saturated rings. The van der Waals surface area contributed by atoms with Gasteiger partial charge in [0.1, 0.15) is 5.76 Å². The fourth-order valence-corrected chi connectivity index (χ4v) is 2.10. The van der Waals surface area contributed by atoms with Crippen molar-refractivity contribution in [1.82, 2.24) is 5.16 Å². The molecule has 0 saturated heterocycles. The van der Waals surface area contributed by atoms with Gasteiger partial charge in [0.05, 0.1) is 5.92 Å². The average molecular weight is 238 g/mol. The van der Waals surface area contributed by atoms with Crippen molar-refractivity contribution in [2.75, 3.05) is 5.32 Å². The standard InChI is InChI=1S/C11H14N2O4/c1-6-4-9(13-17-6)12-10(14)7-2-3-8(5-7)11(15)16/h4,7-8H,2-3,5H2,1H3,(H,15,16)(H,12,13,14)/t7-,8-/m1/s1. The van der Waals surface area contributed by atoms with Crippen LogP contribution in [0.25, 0.3) is 0 Å². The van der Waals surface area contributed by atoms with Gasteiger partial charge in [0, 0.05) is 12.0 Å². The first-order valence-corrected chi connectivity index (χ1v) is 5.53. The van der Waals surface area contributed by atoms with E-state index in [9.17, 15) is 9.59 Å². The summed E-state index contributed by atoms with van der Waals surface area (Å²) in [5.41, 5.74) is 0. The highest BCUT2D eigenvalue weighted by Crippen LogP contribution is 2.31. The zero-order valence-electron chi connectivity index (χ0n) is 9.47. The highest BCUT2D eigenvalue weighted by Gasteiger charge is 2.34. The molecule has 1 aliphatic carbocycles. The number of carbonyl (C=O) groups excluding carboxylic acids is 1. The number of nitrogens with one attached hydrogen (secondary N) is 1. The van der Waals surface area contributed by atoms with Crippen LogP contribution in [0.1, 0.15) is 25.0 Å². The third-order valence-electron chi connectivity index (χ3n) is 3.03. The molecule has 6 heteroatoms. The topological polar surface area (TPSA) is 92.4 Å². The summed E-state index contributed by atoms with van der Waals surface area (Å²) in [7, 11) is 0. The van der Waals surface area contributed by atoms with E-state index in [0.29, 0.717) is 30.8 Å². The molecule has 0 radical (unpaired) electrons. The van der Waals surface area contributed by atoms with E-state index in [0.717, 1.165) is 0 Å². The Balaban J connectivity index is 1.91. The number of amides is 1. The van der Waals surface area contributed by atoms with Crippen molar-refractivity contribution < 1.29 is 19.2 Å². The Morgan fingerprint density at radius 3 is 2.71 bits per heavy atom. The van der Waals surface area contributed by atoms with Crippen LogP contribution in [0.2, 0.25) is 0 Å². The second kappa shape index (κ2) is 4.57. The summed E-state index contributed by atoms with van der Waals surface area (Å²) in [5.74, 6) is -0.640. The van der Waals surface area contributed by atoms with E-state index in [2.05, 4.69) is 10.5 Å². The molecule has 1 aliphatic rings. The van der Waals surface area contributed by atoms with Crippen molar-refractivity contribution in [3.63, 3.8) is 0 Å². The van der Waals surface area contributed by atoms with Gasteiger partial charge in [0.15, 0.2) is 5.82 Å². The largest absolute Gasteiger partial charge is 0.481 e. The lowest BCUT2D eigenvalue weighted by Crippen LogP contribution is -2.21. The molecule has 0 aromatic carbocycles. The number of aryl methyl sites for hydroxylation is 1.